The summed E-state index contributed by atoms with van der Waals surface area (Å²) in [6, 6.07) is 2.28. The predicted molar refractivity (Wildman–Crippen MR) is 79.8 cm³/mol. The van der Waals surface area contributed by atoms with Gasteiger partial charge in [0.1, 0.15) is 4.92 Å². The lowest BCUT2D eigenvalue weighted by Gasteiger charge is -2.34. The lowest BCUT2D eigenvalue weighted by molar-refractivity contribution is -0.402. The standard InChI is InChI=1S/C15H20N2O6/c1-9-4-3-5-11(10(9)2)16-13(18)8-22-15(19)12-6-7-14(23-12)17(20)21/h6-7,9-11H,3-5,8H2,1-2H3,(H,16,18)/t9-,10-,11+/m1/s1. The zero-order valence-corrected chi connectivity index (χ0v) is 13.1. The predicted octanol–water partition coefficient (Wildman–Crippen LogP) is 2.29. The Bertz CT molecular complexity index is 597. The van der Waals surface area contributed by atoms with Gasteiger partial charge in [0.2, 0.25) is 5.76 Å². The third kappa shape index (κ3) is 4.30. The summed E-state index contributed by atoms with van der Waals surface area (Å²) in [7, 11) is 0. The first-order chi connectivity index (χ1) is 10.9. The summed E-state index contributed by atoms with van der Waals surface area (Å²) in [5.41, 5.74) is 0. The summed E-state index contributed by atoms with van der Waals surface area (Å²) in [6.45, 7) is 3.82. The number of carbonyl (C=O) groups excluding carboxylic acids is 2. The average molecular weight is 324 g/mol. The summed E-state index contributed by atoms with van der Waals surface area (Å²) in [4.78, 5) is 33.3. The van der Waals surface area contributed by atoms with Crippen LogP contribution in [0.4, 0.5) is 5.88 Å². The van der Waals surface area contributed by atoms with Gasteiger partial charge in [-0.2, -0.15) is 0 Å². The monoisotopic (exact) mass is 324 g/mol. The van der Waals surface area contributed by atoms with Crippen LogP contribution in [-0.2, 0) is 9.53 Å². The van der Waals surface area contributed by atoms with E-state index >= 15 is 0 Å². The number of hydrogen-bond acceptors (Lipinski definition) is 6. The van der Waals surface area contributed by atoms with E-state index in [9.17, 15) is 19.7 Å². The fourth-order valence-electron chi connectivity index (χ4n) is 2.77. The Morgan fingerprint density at radius 1 is 1.39 bits per heavy atom. The summed E-state index contributed by atoms with van der Waals surface area (Å²) >= 11 is 0. The number of ether oxygens (including phenoxy) is 1. The summed E-state index contributed by atoms with van der Waals surface area (Å²) in [5, 5.41) is 13.4. The van der Waals surface area contributed by atoms with Crippen LogP contribution in [0.15, 0.2) is 16.5 Å². The summed E-state index contributed by atoms with van der Waals surface area (Å²) in [5.74, 6) is -1.23. The highest BCUT2D eigenvalue weighted by Gasteiger charge is 2.28. The molecule has 0 unspecified atom stereocenters. The van der Waals surface area contributed by atoms with Crippen molar-refractivity contribution < 1.29 is 23.7 Å². The van der Waals surface area contributed by atoms with E-state index in [-0.39, 0.29) is 17.7 Å². The van der Waals surface area contributed by atoms with Gasteiger partial charge >= 0.3 is 11.9 Å². The molecule has 1 saturated carbocycles. The third-order valence-electron chi connectivity index (χ3n) is 4.36. The normalized spacial score (nSPS) is 24.0. The molecular formula is C15H20N2O6. The maximum Gasteiger partial charge on any atom is 0.433 e. The topological polar surface area (TPSA) is 112 Å². The molecule has 2 rings (SSSR count). The van der Waals surface area contributed by atoms with Crippen LogP contribution in [0.5, 0.6) is 0 Å². The van der Waals surface area contributed by atoms with E-state index in [0.29, 0.717) is 11.8 Å². The average Bonchev–Trinajstić information content (AvgIpc) is 3.00. The Balaban J connectivity index is 1.81. The van der Waals surface area contributed by atoms with Gasteiger partial charge < -0.3 is 14.5 Å². The molecule has 0 bridgehead atoms. The Morgan fingerprint density at radius 2 is 2.13 bits per heavy atom. The lowest BCUT2D eigenvalue weighted by atomic mass is 9.78. The van der Waals surface area contributed by atoms with Crippen molar-refractivity contribution in [1.29, 1.82) is 0 Å². The minimum atomic E-state index is -0.904. The van der Waals surface area contributed by atoms with Crippen molar-refractivity contribution in [1.82, 2.24) is 5.32 Å². The van der Waals surface area contributed by atoms with E-state index in [0.717, 1.165) is 31.4 Å². The van der Waals surface area contributed by atoms with Crippen molar-refractivity contribution in [2.24, 2.45) is 11.8 Å². The first-order valence-electron chi connectivity index (χ1n) is 7.59. The third-order valence-corrected chi connectivity index (χ3v) is 4.36. The molecule has 1 N–H and O–H groups in total. The summed E-state index contributed by atoms with van der Waals surface area (Å²) in [6.07, 6.45) is 3.13. The maximum atomic E-state index is 11.9. The van der Waals surface area contributed by atoms with Crippen LogP contribution in [0.3, 0.4) is 0 Å². The quantitative estimate of drug-likeness (QED) is 0.505. The van der Waals surface area contributed by atoms with Crippen LogP contribution in [-0.4, -0.2) is 29.4 Å². The zero-order chi connectivity index (χ0) is 17.0. The molecule has 23 heavy (non-hydrogen) atoms. The highest BCUT2D eigenvalue weighted by Crippen LogP contribution is 2.29. The van der Waals surface area contributed by atoms with Crippen LogP contribution in [0.2, 0.25) is 0 Å². The van der Waals surface area contributed by atoms with Crippen LogP contribution < -0.4 is 5.32 Å². The number of hydrogen-bond donors (Lipinski definition) is 1. The molecule has 1 aliphatic rings. The smallest absolute Gasteiger partial charge is 0.433 e. The number of furan rings is 1. The highest BCUT2D eigenvalue weighted by molar-refractivity contribution is 5.89. The van der Waals surface area contributed by atoms with Crippen LogP contribution in [0, 0.1) is 22.0 Å². The Kier molecular flexibility index (Phi) is 5.36. The molecule has 1 heterocycles. The van der Waals surface area contributed by atoms with E-state index in [1.807, 2.05) is 0 Å². The van der Waals surface area contributed by atoms with Crippen molar-refractivity contribution in [3.05, 3.63) is 28.0 Å². The molecule has 8 nitrogen and oxygen atoms in total. The van der Waals surface area contributed by atoms with Gasteiger partial charge in [-0.05, 0) is 24.3 Å². The number of nitrogens with zero attached hydrogens (tertiary/aromatic N) is 1. The van der Waals surface area contributed by atoms with Crippen LogP contribution >= 0.6 is 0 Å². The first-order valence-corrected chi connectivity index (χ1v) is 7.59. The van der Waals surface area contributed by atoms with E-state index in [1.54, 1.807) is 0 Å². The number of esters is 1. The van der Waals surface area contributed by atoms with Crippen LogP contribution in [0.25, 0.3) is 0 Å². The van der Waals surface area contributed by atoms with Gasteiger partial charge in [-0.15, -0.1) is 0 Å². The van der Waals surface area contributed by atoms with Crippen molar-refractivity contribution >= 4 is 17.8 Å². The molecule has 1 aromatic rings. The molecule has 0 radical (unpaired) electrons. The molecular weight excluding hydrogens is 304 g/mol. The van der Waals surface area contributed by atoms with Gasteiger partial charge in [0, 0.05) is 6.04 Å². The van der Waals surface area contributed by atoms with E-state index in [1.165, 1.54) is 0 Å². The number of rotatable bonds is 5. The molecule has 0 spiro atoms. The second kappa shape index (κ2) is 7.26. The maximum absolute atomic E-state index is 11.9. The second-order valence-corrected chi connectivity index (χ2v) is 5.91. The van der Waals surface area contributed by atoms with Gasteiger partial charge in [-0.3, -0.25) is 14.9 Å². The highest BCUT2D eigenvalue weighted by atomic mass is 16.7. The lowest BCUT2D eigenvalue weighted by Crippen LogP contribution is -2.45. The van der Waals surface area contributed by atoms with Crippen molar-refractivity contribution in [2.45, 2.75) is 39.2 Å². The number of carbonyl (C=O) groups is 2. The molecule has 3 atom stereocenters. The number of nitrogens with one attached hydrogen (secondary N) is 1. The summed E-state index contributed by atoms with van der Waals surface area (Å²) < 4.78 is 9.53. The van der Waals surface area contributed by atoms with E-state index in [4.69, 9.17) is 9.15 Å². The molecule has 1 amide bonds. The van der Waals surface area contributed by atoms with Gasteiger partial charge in [-0.25, -0.2) is 4.79 Å². The fourth-order valence-corrected chi connectivity index (χ4v) is 2.77. The van der Waals surface area contributed by atoms with Crippen molar-refractivity contribution in [3.63, 3.8) is 0 Å². The van der Waals surface area contributed by atoms with E-state index < -0.39 is 23.4 Å². The molecule has 0 saturated heterocycles. The van der Waals surface area contributed by atoms with E-state index in [2.05, 4.69) is 19.2 Å². The molecule has 1 aliphatic carbocycles. The Morgan fingerprint density at radius 3 is 2.78 bits per heavy atom. The Hall–Kier alpha value is -2.38. The fraction of sp³-hybridized carbons (Fsp3) is 0.600. The molecule has 1 fully saturated rings. The molecule has 8 heteroatoms. The zero-order valence-electron chi connectivity index (χ0n) is 13.1. The molecule has 0 aromatic carbocycles. The van der Waals surface area contributed by atoms with Gasteiger partial charge in [0.25, 0.3) is 5.91 Å². The van der Waals surface area contributed by atoms with Gasteiger partial charge in [-0.1, -0.05) is 26.7 Å². The molecule has 1 aromatic heterocycles. The largest absolute Gasteiger partial charge is 0.450 e. The minimum absolute atomic E-state index is 0.0784. The SMILES string of the molecule is C[C@@H]1[C@H](C)CCC[C@@H]1NC(=O)COC(=O)c1ccc([N+](=O)[O-])o1. The van der Waals surface area contributed by atoms with Gasteiger partial charge in [0.15, 0.2) is 6.61 Å². The Labute approximate surface area is 133 Å². The minimum Gasteiger partial charge on any atom is -0.450 e. The number of amides is 1. The second-order valence-electron chi connectivity index (χ2n) is 5.91. The van der Waals surface area contributed by atoms with Crippen molar-refractivity contribution in [2.75, 3.05) is 6.61 Å². The van der Waals surface area contributed by atoms with Gasteiger partial charge in [0.05, 0.1) is 6.07 Å². The molecule has 126 valence electrons. The van der Waals surface area contributed by atoms with Crippen molar-refractivity contribution in [3.8, 4) is 0 Å². The van der Waals surface area contributed by atoms with Crippen LogP contribution in [0.1, 0.15) is 43.7 Å². The molecule has 0 aliphatic heterocycles. The first kappa shape index (κ1) is 17.0. The number of nitro groups is 1.